The van der Waals surface area contributed by atoms with Gasteiger partial charge in [0.25, 0.3) is 0 Å². The van der Waals surface area contributed by atoms with Gasteiger partial charge in [-0.1, -0.05) is 24.3 Å². The van der Waals surface area contributed by atoms with Crippen molar-refractivity contribution >= 4 is 34.4 Å². The van der Waals surface area contributed by atoms with E-state index in [2.05, 4.69) is 27.6 Å². The van der Waals surface area contributed by atoms with E-state index in [-0.39, 0.29) is 0 Å². The minimum Gasteiger partial charge on any atom is -0.359 e. The maximum atomic E-state index is 5.24. The van der Waals surface area contributed by atoms with Crippen molar-refractivity contribution in [3.63, 3.8) is 0 Å². The molecule has 0 bridgehead atoms. The summed E-state index contributed by atoms with van der Waals surface area (Å²) in [6.45, 7) is 8.48. The lowest BCUT2D eigenvalue weighted by molar-refractivity contribution is 1.000. The first-order valence-electron chi connectivity index (χ1n) is 6.26. The van der Waals surface area contributed by atoms with Crippen LogP contribution in [0.1, 0.15) is 11.9 Å². The Labute approximate surface area is 128 Å². The topological polar surface area (TPSA) is 37.0 Å². The number of anilines is 1. The van der Waals surface area contributed by atoms with Gasteiger partial charge in [0.1, 0.15) is 0 Å². The van der Waals surface area contributed by atoms with E-state index in [0.717, 1.165) is 27.5 Å². The van der Waals surface area contributed by atoms with Crippen LogP contribution in [0, 0.1) is 6.92 Å². The third kappa shape index (κ3) is 4.15. The highest BCUT2D eigenvalue weighted by atomic mass is 32.1. The molecule has 0 spiro atoms. The third-order valence-corrected chi connectivity index (χ3v) is 3.61. The second-order valence-electron chi connectivity index (χ2n) is 4.60. The van der Waals surface area contributed by atoms with Crippen LogP contribution in [0.5, 0.6) is 0 Å². The monoisotopic (exact) mass is 303 g/mol. The molecular formula is C15H17N3S2. The summed E-state index contributed by atoms with van der Waals surface area (Å²) >= 11 is 6.89. The predicted octanol–water partition coefficient (Wildman–Crippen LogP) is 3.98. The lowest BCUT2D eigenvalue weighted by Gasteiger charge is -2.11. The van der Waals surface area contributed by atoms with Crippen LogP contribution in [0.25, 0.3) is 11.3 Å². The molecule has 20 heavy (non-hydrogen) atoms. The number of aromatic nitrogens is 1. The number of hydrogen-bond donors (Lipinski definition) is 2. The Bertz CT molecular complexity index is 632. The minimum absolute atomic E-state index is 0.597. The van der Waals surface area contributed by atoms with Crippen LogP contribution >= 0.6 is 23.6 Å². The first-order valence-corrected chi connectivity index (χ1v) is 7.55. The van der Waals surface area contributed by atoms with Gasteiger partial charge < -0.3 is 10.6 Å². The highest BCUT2D eigenvalue weighted by Gasteiger charge is 2.04. The van der Waals surface area contributed by atoms with Crippen LogP contribution in [0.15, 0.2) is 41.8 Å². The number of rotatable bonds is 4. The summed E-state index contributed by atoms with van der Waals surface area (Å²) in [6, 6.07) is 8.07. The number of benzene rings is 1. The van der Waals surface area contributed by atoms with Gasteiger partial charge in [-0.3, -0.25) is 0 Å². The van der Waals surface area contributed by atoms with E-state index in [4.69, 9.17) is 12.2 Å². The van der Waals surface area contributed by atoms with Gasteiger partial charge in [0.15, 0.2) is 5.11 Å². The molecule has 1 aromatic carbocycles. The zero-order valence-electron chi connectivity index (χ0n) is 11.6. The fraction of sp³-hybridized carbons (Fsp3) is 0.200. The summed E-state index contributed by atoms with van der Waals surface area (Å²) in [5.74, 6) is 0. The lowest BCUT2D eigenvalue weighted by Crippen LogP contribution is -2.29. The predicted molar refractivity (Wildman–Crippen MR) is 91.3 cm³/mol. The highest BCUT2D eigenvalue weighted by Crippen LogP contribution is 2.24. The van der Waals surface area contributed by atoms with Crippen molar-refractivity contribution in [1.29, 1.82) is 0 Å². The molecule has 3 nitrogen and oxygen atoms in total. The molecule has 0 aliphatic heterocycles. The molecule has 1 heterocycles. The van der Waals surface area contributed by atoms with Gasteiger partial charge in [0.05, 0.1) is 10.7 Å². The van der Waals surface area contributed by atoms with Crippen molar-refractivity contribution in [2.45, 2.75) is 13.8 Å². The van der Waals surface area contributed by atoms with Crippen molar-refractivity contribution in [1.82, 2.24) is 10.3 Å². The Morgan fingerprint density at radius 2 is 2.25 bits per heavy atom. The Balaban J connectivity index is 2.06. The normalized spacial score (nSPS) is 10.1. The van der Waals surface area contributed by atoms with Gasteiger partial charge in [-0.2, -0.15) is 0 Å². The molecule has 2 aromatic rings. The molecule has 0 saturated heterocycles. The summed E-state index contributed by atoms with van der Waals surface area (Å²) < 4.78 is 0. The molecule has 0 radical (unpaired) electrons. The van der Waals surface area contributed by atoms with Gasteiger partial charge in [-0.15, -0.1) is 11.3 Å². The van der Waals surface area contributed by atoms with E-state index in [1.807, 2.05) is 38.1 Å². The van der Waals surface area contributed by atoms with E-state index in [9.17, 15) is 0 Å². The quantitative estimate of drug-likeness (QED) is 0.662. The first kappa shape index (κ1) is 14.7. The molecule has 0 fully saturated rings. The summed E-state index contributed by atoms with van der Waals surface area (Å²) in [4.78, 5) is 4.49. The van der Waals surface area contributed by atoms with E-state index in [0.29, 0.717) is 11.7 Å². The first-order chi connectivity index (χ1) is 9.54. The van der Waals surface area contributed by atoms with E-state index < -0.39 is 0 Å². The standard InChI is InChI=1S/C15H17N3S2/c1-10(2)8-16-15(19)18-13-6-4-5-12(7-13)14-9-20-11(3)17-14/h4-7,9H,1,8H2,2-3H3,(H2,16,18,19). The Morgan fingerprint density at radius 1 is 1.45 bits per heavy atom. The molecule has 1 aromatic heterocycles. The average molecular weight is 303 g/mol. The largest absolute Gasteiger partial charge is 0.359 e. The molecule has 0 atom stereocenters. The molecule has 0 saturated carbocycles. The zero-order chi connectivity index (χ0) is 14.5. The van der Waals surface area contributed by atoms with E-state index >= 15 is 0 Å². The molecule has 104 valence electrons. The van der Waals surface area contributed by atoms with Crippen LogP contribution in [0.4, 0.5) is 5.69 Å². The fourth-order valence-corrected chi connectivity index (χ4v) is 2.47. The van der Waals surface area contributed by atoms with Crippen molar-refractivity contribution in [2.24, 2.45) is 0 Å². The SMILES string of the molecule is C=C(C)CNC(=S)Nc1cccc(-c2csc(C)n2)c1. The minimum atomic E-state index is 0.597. The molecule has 2 N–H and O–H groups in total. The van der Waals surface area contributed by atoms with Crippen LogP contribution in [-0.2, 0) is 0 Å². The van der Waals surface area contributed by atoms with Crippen molar-refractivity contribution in [3.8, 4) is 11.3 Å². The summed E-state index contributed by atoms with van der Waals surface area (Å²) in [5.41, 5.74) is 4.08. The maximum absolute atomic E-state index is 5.24. The van der Waals surface area contributed by atoms with Gasteiger partial charge in [0, 0.05) is 23.2 Å². The van der Waals surface area contributed by atoms with E-state index in [1.54, 1.807) is 11.3 Å². The third-order valence-electron chi connectivity index (χ3n) is 2.59. The van der Waals surface area contributed by atoms with Crippen molar-refractivity contribution in [2.75, 3.05) is 11.9 Å². The number of thiocarbonyl (C=S) groups is 1. The zero-order valence-corrected chi connectivity index (χ0v) is 13.2. The van der Waals surface area contributed by atoms with Crippen LogP contribution in [-0.4, -0.2) is 16.6 Å². The number of hydrogen-bond acceptors (Lipinski definition) is 3. The summed E-state index contributed by atoms with van der Waals surface area (Å²) in [5, 5.41) is 10.00. The highest BCUT2D eigenvalue weighted by molar-refractivity contribution is 7.80. The van der Waals surface area contributed by atoms with Crippen LogP contribution in [0.2, 0.25) is 0 Å². The molecule has 0 amide bonds. The summed E-state index contributed by atoms with van der Waals surface area (Å²) in [6.07, 6.45) is 0. The smallest absolute Gasteiger partial charge is 0.171 e. The lowest BCUT2D eigenvalue weighted by atomic mass is 10.1. The number of aryl methyl sites for hydroxylation is 1. The van der Waals surface area contributed by atoms with Crippen molar-refractivity contribution < 1.29 is 0 Å². The average Bonchev–Trinajstić information content (AvgIpc) is 2.83. The number of nitrogens with zero attached hydrogens (tertiary/aromatic N) is 1. The van der Waals surface area contributed by atoms with Crippen LogP contribution in [0.3, 0.4) is 0 Å². The number of nitrogens with one attached hydrogen (secondary N) is 2. The van der Waals surface area contributed by atoms with Gasteiger partial charge in [0.2, 0.25) is 0 Å². The summed E-state index contributed by atoms with van der Waals surface area (Å²) in [7, 11) is 0. The van der Waals surface area contributed by atoms with Gasteiger partial charge in [-0.25, -0.2) is 4.98 Å². The molecular weight excluding hydrogens is 286 g/mol. The Morgan fingerprint density at radius 3 is 2.90 bits per heavy atom. The second kappa shape index (κ2) is 6.63. The van der Waals surface area contributed by atoms with E-state index in [1.165, 1.54) is 0 Å². The molecule has 2 rings (SSSR count). The Kier molecular flexibility index (Phi) is 4.87. The second-order valence-corrected chi connectivity index (χ2v) is 6.07. The van der Waals surface area contributed by atoms with Gasteiger partial charge in [-0.05, 0) is 38.2 Å². The molecule has 0 aliphatic rings. The number of thiazole rings is 1. The van der Waals surface area contributed by atoms with Gasteiger partial charge >= 0.3 is 0 Å². The molecule has 5 heteroatoms. The van der Waals surface area contributed by atoms with Crippen molar-refractivity contribution in [3.05, 3.63) is 46.8 Å². The molecule has 0 unspecified atom stereocenters. The fourth-order valence-electron chi connectivity index (χ4n) is 1.66. The Hall–Kier alpha value is -1.72. The van der Waals surface area contributed by atoms with Crippen LogP contribution < -0.4 is 10.6 Å². The molecule has 0 aliphatic carbocycles. The maximum Gasteiger partial charge on any atom is 0.171 e.